The number of aromatic nitrogens is 3. The molecule has 1 aromatic carbocycles. The van der Waals surface area contributed by atoms with Crippen LogP contribution in [0.2, 0.25) is 0 Å². The summed E-state index contributed by atoms with van der Waals surface area (Å²) in [6, 6.07) is 13.2. The molecule has 4 rings (SSSR count). The van der Waals surface area contributed by atoms with Crippen LogP contribution < -0.4 is 5.32 Å². The number of rotatable bonds is 7. The van der Waals surface area contributed by atoms with Crippen molar-refractivity contribution in [1.29, 1.82) is 0 Å². The monoisotopic (exact) mass is 432 g/mol. The zero-order valence-electron chi connectivity index (χ0n) is 15.5. The number of hydrogen-bond acceptors (Lipinski definition) is 7. The van der Waals surface area contributed by atoms with E-state index in [2.05, 4.69) is 15.5 Å². The molecule has 1 amide bonds. The molecule has 1 atom stereocenters. The van der Waals surface area contributed by atoms with Crippen LogP contribution in [0.4, 0.5) is 0 Å². The van der Waals surface area contributed by atoms with Gasteiger partial charge in [0.2, 0.25) is 11.7 Å². The second-order valence-electron chi connectivity index (χ2n) is 6.81. The fourth-order valence-electron chi connectivity index (χ4n) is 3.20. The summed E-state index contributed by atoms with van der Waals surface area (Å²) in [5.41, 5.74) is 1.07. The SMILES string of the molecule is O=C(CSc1nnc(-c2ccco2)n1Cc1ccccc1)N[C@@H]1CCS(=O)(=O)C1. The lowest BCUT2D eigenvalue weighted by atomic mass is 10.2. The fourth-order valence-corrected chi connectivity index (χ4v) is 5.62. The van der Waals surface area contributed by atoms with Gasteiger partial charge in [-0.25, -0.2) is 8.42 Å². The number of nitrogens with one attached hydrogen (secondary N) is 1. The Morgan fingerprint density at radius 1 is 1.21 bits per heavy atom. The van der Waals surface area contributed by atoms with Gasteiger partial charge in [-0.05, 0) is 24.1 Å². The quantitative estimate of drug-likeness (QED) is 0.569. The summed E-state index contributed by atoms with van der Waals surface area (Å²) in [5.74, 6) is 1.23. The van der Waals surface area contributed by atoms with Gasteiger partial charge in [0, 0.05) is 6.04 Å². The van der Waals surface area contributed by atoms with Crippen LogP contribution >= 0.6 is 11.8 Å². The van der Waals surface area contributed by atoms with Crippen LogP contribution in [0.15, 0.2) is 58.3 Å². The molecule has 152 valence electrons. The van der Waals surface area contributed by atoms with E-state index in [1.165, 1.54) is 11.8 Å². The van der Waals surface area contributed by atoms with Crippen molar-refractivity contribution in [1.82, 2.24) is 20.1 Å². The Labute approximate surface area is 172 Å². The van der Waals surface area contributed by atoms with Crippen molar-refractivity contribution in [3.8, 4) is 11.6 Å². The first-order valence-corrected chi connectivity index (χ1v) is 11.9. The van der Waals surface area contributed by atoms with Gasteiger partial charge in [-0.15, -0.1) is 10.2 Å². The maximum Gasteiger partial charge on any atom is 0.230 e. The van der Waals surface area contributed by atoms with Crippen molar-refractivity contribution in [3.05, 3.63) is 54.3 Å². The van der Waals surface area contributed by atoms with Crippen molar-refractivity contribution in [2.75, 3.05) is 17.3 Å². The third-order valence-corrected chi connectivity index (χ3v) is 7.31. The first-order chi connectivity index (χ1) is 14.0. The zero-order valence-corrected chi connectivity index (χ0v) is 17.2. The van der Waals surface area contributed by atoms with Gasteiger partial charge in [-0.1, -0.05) is 42.1 Å². The van der Waals surface area contributed by atoms with E-state index in [4.69, 9.17) is 4.42 Å². The van der Waals surface area contributed by atoms with E-state index in [0.717, 1.165) is 5.56 Å². The van der Waals surface area contributed by atoms with Gasteiger partial charge in [0.05, 0.1) is 30.1 Å². The zero-order chi connectivity index (χ0) is 20.3. The van der Waals surface area contributed by atoms with Crippen molar-refractivity contribution >= 4 is 27.5 Å². The first-order valence-electron chi connectivity index (χ1n) is 9.14. The van der Waals surface area contributed by atoms with Crippen LogP contribution in [0.3, 0.4) is 0 Å². The third-order valence-electron chi connectivity index (χ3n) is 4.57. The average molecular weight is 433 g/mol. The van der Waals surface area contributed by atoms with Crippen LogP contribution in [0.1, 0.15) is 12.0 Å². The molecule has 0 radical (unpaired) electrons. The predicted octanol–water partition coefficient (Wildman–Crippen LogP) is 1.98. The van der Waals surface area contributed by atoms with E-state index in [1.54, 1.807) is 12.3 Å². The van der Waals surface area contributed by atoms with E-state index in [0.29, 0.717) is 29.7 Å². The van der Waals surface area contributed by atoms with Crippen molar-refractivity contribution < 1.29 is 17.6 Å². The van der Waals surface area contributed by atoms with Crippen molar-refractivity contribution in [3.63, 3.8) is 0 Å². The lowest BCUT2D eigenvalue weighted by molar-refractivity contribution is -0.119. The summed E-state index contributed by atoms with van der Waals surface area (Å²) < 4.78 is 30.5. The smallest absolute Gasteiger partial charge is 0.230 e. The van der Waals surface area contributed by atoms with Gasteiger partial charge in [0.15, 0.2) is 20.8 Å². The summed E-state index contributed by atoms with van der Waals surface area (Å²) in [4.78, 5) is 12.3. The largest absolute Gasteiger partial charge is 0.461 e. The lowest BCUT2D eigenvalue weighted by Crippen LogP contribution is -2.36. The third kappa shape index (κ3) is 4.88. The molecule has 3 heterocycles. The molecule has 1 aliphatic rings. The first kappa shape index (κ1) is 19.7. The van der Waals surface area contributed by atoms with Crippen LogP contribution in [0.25, 0.3) is 11.6 Å². The minimum atomic E-state index is -3.03. The molecule has 0 spiro atoms. The normalized spacial score (nSPS) is 18.0. The van der Waals surface area contributed by atoms with E-state index in [-0.39, 0.29) is 29.2 Å². The fraction of sp³-hybridized carbons (Fsp3) is 0.316. The number of carbonyl (C=O) groups excluding carboxylic acids is 1. The van der Waals surface area contributed by atoms with Gasteiger partial charge < -0.3 is 9.73 Å². The Morgan fingerprint density at radius 3 is 2.72 bits per heavy atom. The van der Waals surface area contributed by atoms with Crippen LogP contribution in [0, 0.1) is 0 Å². The highest BCUT2D eigenvalue weighted by Crippen LogP contribution is 2.25. The van der Waals surface area contributed by atoms with E-state index >= 15 is 0 Å². The highest BCUT2D eigenvalue weighted by atomic mass is 32.2. The standard InChI is InChI=1S/C19H20N4O4S2/c24-17(20-15-8-10-29(25,26)13-15)12-28-19-22-21-18(16-7-4-9-27-16)23(19)11-14-5-2-1-3-6-14/h1-7,9,15H,8,10-13H2,(H,20,24)/t15-/m1/s1. The van der Waals surface area contributed by atoms with Crippen molar-refractivity contribution in [2.24, 2.45) is 0 Å². The van der Waals surface area contributed by atoms with Crippen molar-refractivity contribution in [2.45, 2.75) is 24.2 Å². The highest BCUT2D eigenvalue weighted by Gasteiger charge is 2.29. The van der Waals surface area contributed by atoms with Crippen LogP contribution in [0.5, 0.6) is 0 Å². The summed E-state index contributed by atoms with van der Waals surface area (Å²) in [6.45, 7) is 0.536. The average Bonchev–Trinajstić information content (AvgIpc) is 3.42. The van der Waals surface area contributed by atoms with Gasteiger partial charge in [0.25, 0.3) is 0 Å². The summed E-state index contributed by atoms with van der Waals surface area (Å²) in [7, 11) is -3.03. The minimum Gasteiger partial charge on any atom is -0.461 e. The summed E-state index contributed by atoms with van der Waals surface area (Å²) in [6.07, 6.45) is 2.04. The summed E-state index contributed by atoms with van der Waals surface area (Å²) >= 11 is 1.26. The number of hydrogen-bond donors (Lipinski definition) is 1. The maximum absolute atomic E-state index is 12.3. The molecule has 0 aliphatic carbocycles. The Balaban J connectivity index is 1.47. The van der Waals surface area contributed by atoms with Gasteiger partial charge in [0.1, 0.15) is 0 Å². The topological polar surface area (TPSA) is 107 Å². The molecule has 0 bridgehead atoms. The van der Waals surface area contributed by atoms with E-state index in [9.17, 15) is 13.2 Å². The predicted molar refractivity (Wildman–Crippen MR) is 109 cm³/mol. The number of nitrogens with zero attached hydrogens (tertiary/aromatic N) is 3. The minimum absolute atomic E-state index is 0.0102. The highest BCUT2D eigenvalue weighted by molar-refractivity contribution is 7.99. The molecular formula is C19H20N4O4S2. The Bertz CT molecular complexity index is 1080. The summed E-state index contributed by atoms with van der Waals surface area (Å²) in [5, 5.41) is 11.9. The molecule has 0 saturated carbocycles. The van der Waals surface area contributed by atoms with E-state index < -0.39 is 9.84 Å². The molecule has 0 unspecified atom stereocenters. The number of thioether (sulfide) groups is 1. The molecule has 1 saturated heterocycles. The molecule has 10 heteroatoms. The van der Waals surface area contributed by atoms with Gasteiger partial charge in [-0.2, -0.15) is 0 Å². The maximum atomic E-state index is 12.3. The van der Waals surface area contributed by atoms with Crippen LogP contribution in [-0.2, 0) is 21.2 Å². The molecule has 3 aromatic rings. The molecule has 1 aliphatic heterocycles. The Hall–Kier alpha value is -2.59. The van der Waals surface area contributed by atoms with E-state index in [1.807, 2.05) is 41.0 Å². The number of sulfone groups is 1. The number of carbonyl (C=O) groups is 1. The number of amides is 1. The van der Waals surface area contributed by atoms with Gasteiger partial charge >= 0.3 is 0 Å². The molecule has 2 aromatic heterocycles. The molecule has 1 N–H and O–H groups in total. The Morgan fingerprint density at radius 2 is 2.03 bits per heavy atom. The molecule has 1 fully saturated rings. The second-order valence-corrected chi connectivity index (χ2v) is 9.98. The molecule has 8 nitrogen and oxygen atoms in total. The lowest BCUT2D eigenvalue weighted by Gasteiger charge is -2.11. The van der Waals surface area contributed by atoms with Crippen LogP contribution in [-0.4, -0.2) is 52.4 Å². The second kappa shape index (κ2) is 8.42. The molecular weight excluding hydrogens is 412 g/mol. The number of furan rings is 1. The number of benzene rings is 1. The van der Waals surface area contributed by atoms with Gasteiger partial charge in [-0.3, -0.25) is 9.36 Å². The molecule has 29 heavy (non-hydrogen) atoms. The Kier molecular flexibility index (Phi) is 5.72.